The van der Waals surface area contributed by atoms with Crippen molar-refractivity contribution in [1.29, 1.82) is 0 Å². The summed E-state index contributed by atoms with van der Waals surface area (Å²) in [4.78, 5) is 21.0. The van der Waals surface area contributed by atoms with Crippen LogP contribution in [-0.4, -0.2) is 41.1 Å². The predicted molar refractivity (Wildman–Crippen MR) is 143 cm³/mol. The Morgan fingerprint density at radius 2 is 1.78 bits per heavy atom. The van der Waals surface area contributed by atoms with Gasteiger partial charge in [0.2, 0.25) is 0 Å². The quantitative estimate of drug-likeness (QED) is 0.195. The first kappa shape index (κ1) is 26.4. The van der Waals surface area contributed by atoms with Gasteiger partial charge in [0, 0.05) is 27.8 Å². The average molecular weight is 612 g/mol. The van der Waals surface area contributed by atoms with Crippen LogP contribution in [0.2, 0.25) is 10.0 Å². The summed E-state index contributed by atoms with van der Waals surface area (Å²) in [7, 11) is -4.24. The van der Waals surface area contributed by atoms with Crippen molar-refractivity contribution in [2.75, 3.05) is 10.8 Å². The third-order valence-corrected chi connectivity index (χ3v) is 7.51. The Hall–Kier alpha value is -2.66. The van der Waals surface area contributed by atoms with Crippen molar-refractivity contribution in [1.82, 2.24) is 14.5 Å². The lowest BCUT2D eigenvalue weighted by Crippen LogP contribution is -2.39. The van der Waals surface area contributed by atoms with Gasteiger partial charge in [-0.2, -0.15) is 0 Å². The van der Waals surface area contributed by atoms with Gasteiger partial charge in [0.15, 0.2) is 4.73 Å². The molecule has 188 valence electrons. The summed E-state index contributed by atoms with van der Waals surface area (Å²) in [6.07, 6.45) is 3.44. The molecule has 0 N–H and O–H groups in total. The monoisotopic (exact) mass is 610 g/mol. The number of fused-ring (bicyclic) bond motifs is 1. The molecule has 4 rings (SSSR count). The van der Waals surface area contributed by atoms with Crippen LogP contribution < -0.4 is 4.31 Å². The summed E-state index contributed by atoms with van der Waals surface area (Å²) in [5, 5.41) is 1.04. The number of ether oxygens (including phenoxy) is 1. The topological polar surface area (TPSA) is 94.4 Å². The Morgan fingerprint density at radius 3 is 2.42 bits per heavy atom. The molecule has 0 aliphatic carbocycles. The summed E-state index contributed by atoms with van der Waals surface area (Å²) in [5.74, 6) is -0.0749. The van der Waals surface area contributed by atoms with Crippen LogP contribution in [0.3, 0.4) is 0 Å². The number of hydrogen-bond acceptors (Lipinski definition) is 6. The molecule has 2 heterocycles. The first-order valence-electron chi connectivity index (χ1n) is 10.6. The largest absolute Gasteiger partial charge is 0.459 e. The van der Waals surface area contributed by atoms with E-state index in [-0.39, 0.29) is 20.6 Å². The van der Waals surface area contributed by atoms with E-state index in [2.05, 4.69) is 25.9 Å². The molecule has 0 saturated heterocycles. The zero-order valence-corrected chi connectivity index (χ0v) is 23.4. The standard InChI is InChI=1S/C24H21BrCl2N4O4S/c1-24(2,3)35-22(32)14-31(36(33,34)19-12-16(26)11-17(27)13-19)18-4-5-20-15(10-18)7-9-30(20)21-6-8-28-23(25)29-21/h4-13H,14H2,1-3H3. The fourth-order valence-corrected chi connectivity index (χ4v) is 5.98. The molecule has 4 aromatic rings. The molecule has 0 fully saturated rings. The first-order valence-corrected chi connectivity index (χ1v) is 13.6. The summed E-state index contributed by atoms with van der Waals surface area (Å²) >= 11 is 15.4. The van der Waals surface area contributed by atoms with E-state index in [1.165, 1.54) is 18.2 Å². The molecule has 0 amide bonds. The van der Waals surface area contributed by atoms with Crippen LogP contribution in [0.25, 0.3) is 16.7 Å². The van der Waals surface area contributed by atoms with Crippen molar-refractivity contribution in [2.24, 2.45) is 0 Å². The van der Waals surface area contributed by atoms with E-state index < -0.39 is 28.1 Å². The molecule has 0 atom stereocenters. The number of hydrogen-bond donors (Lipinski definition) is 0. The van der Waals surface area contributed by atoms with Gasteiger partial charge < -0.3 is 9.30 Å². The van der Waals surface area contributed by atoms with Crippen molar-refractivity contribution in [3.05, 3.63) is 75.7 Å². The van der Waals surface area contributed by atoms with Gasteiger partial charge in [-0.3, -0.25) is 9.10 Å². The molecule has 12 heteroatoms. The fourth-order valence-electron chi connectivity index (χ4n) is 3.56. The highest BCUT2D eigenvalue weighted by atomic mass is 79.9. The van der Waals surface area contributed by atoms with E-state index in [1.54, 1.807) is 51.2 Å². The molecule has 0 saturated carbocycles. The van der Waals surface area contributed by atoms with Gasteiger partial charge in [0.1, 0.15) is 18.0 Å². The zero-order valence-electron chi connectivity index (χ0n) is 19.4. The van der Waals surface area contributed by atoms with E-state index in [1.807, 2.05) is 16.8 Å². The Morgan fingerprint density at radius 1 is 1.08 bits per heavy atom. The van der Waals surface area contributed by atoms with Crippen LogP contribution >= 0.6 is 39.1 Å². The molecule has 36 heavy (non-hydrogen) atoms. The van der Waals surface area contributed by atoms with Crippen LogP contribution in [0.5, 0.6) is 0 Å². The van der Waals surface area contributed by atoms with E-state index >= 15 is 0 Å². The lowest BCUT2D eigenvalue weighted by molar-refractivity contribution is -0.152. The second-order valence-electron chi connectivity index (χ2n) is 8.82. The van der Waals surface area contributed by atoms with Crippen LogP contribution in [0.1, 0.15) is 20.8 Å². The smallest absolute Gasteiger partial charge is 0.327 e. The van der Waals surface area contributed by atoms with Crippen LogP contribution in [0, 0.1) is 0 Å². The molecule has 0 aliphatic heterocycles. The Bertz CT molecular complexity index is 1550. The summed E-state index contributed by atoms with van der Waals surface area (Å²) < 4.78 is 36.1. The van der Waals surface area contributed by atoms with Gasteiger partial charge in [-0.15, -0.1) is 0 Å². The number of nitrogens with zero attached hydrogens (tertiary/aromatic N) is 4. The van der Waals surface area contributed by atoms with Crippen molar-refractivity contribution in [2.45, 2.75) is 31.3 Å². The maximum absolute atomic E-state index is 13.7. The summed E-state index contributed by atoms with van der Waals surface area (Å²) in [6.45, 7) is 4.58. The SMILES string of the molecule is CC(C)(C)OC(=O)CN(c1ccc2c(ccn2-c2ccnc(Br)n2)c1)S(=O)(=O)c1cc(Cl)cc(Cl)c1. The highest BCUT2D eigenvalue weighted by Gasteiger charge is 2.30. The Labute approximate surface area is 227 Å². The molecule has 0 aliphatic rings. The van der Waals surface area contributed by atoms with Gasteiger partial charge in [-0.25, -0.2) is 18.4 Å². The number of esters is 1. The number of aromatic nitrogens is 3. The Balaban J connectivity index is 1.81. The molecule has 2 aromatic heterocycles. The third kappa shape index (κ3) is 5.83. The molecule has 0 unspecified atom stereocenters. The molecule has 0 radical (unpaired) electrons. The lowest BCUT2D eigenvalue weighted by Gasteiger charge is -2.26. The van der Waals surface area contributed by atoms with E-state index in [0.717, 1.165) is 15.2 Å². The highest BCUT2D eigenvalue weighted by molar-refractivity contribution is 9.10. The van der Waals surface area contributed by atoms with Gasteiger partial charge in [-0.05, 0) is 85.2 Å². The van der Waals surface area contributed by atoms with Gasteiger partial charge in [0.05, 0.1) is 16.1 Å². The van der Waals surface area contributed by atoms with Crippen LogP contribution in [0.15, 0.2) is 70.6 Å². The number of halogens is 3. The van der Waals surface area contributed by atoms with Gasteiger partial charge in [-0.1, -0.05) is 23.2 Å². The fraction of sp³-hybridized carbons (Fsp3) is 0.208. The number of benzene rings is 2. The van der Waals surface area contributed by atoms with Crippen molar-refractivity contribution < 1.29 is 17.9 Å². The molecular weight excluding hydrogens is 591 g/mol. The molecule has 2 aromatic carbocycles. The molecule has 0 spiro atoms. The van der Waals surface area contributed by atoms with Crippen molar-refractivity contribution in [3.63, 3.8) is 0 Å². The average Bonchev–Trinajstić information content (AvgIpc) is 3.19. The molecule has 8 nitrogen and oxygen atoms in total. The summed E-state index contributed by atoms with van der Waals surface area (Å²) in [5.41, 5.74) is 0.259. The number of carbonyl (C=O) groups excluding carboxylic acids is 1. The highest BCUT2D eigenvalue weighted by Crippen LogP contribution is 2.31. The minimum atomic E-state index is -4.24. The molecular formula is C24H21BrCl2N4O4S. The van der Waals surface area contributed by atoms with E-state index in [0.29, 0.717) is 10.6 Å². The maximum atomic E-state index is 13.7. The van der Waals surface area contributed by atoms with Crippen molar-refractivity contribution in [3.8, 4) is 5.82 Å². The van der Waals surface area contributed by atoms with Crippen molar-refractivity contribution >= 4 is 71.7 Å². The minimum absolute atomic E-state index is 0.146. The normalized spacial score (nSPS) is 12.1. The third-order valence-electron chi connectivity index (χ3n) is 4.94. The summed E-state index contributed by atoms with van der Waals surface area (Å²) in [6, 6.07) is 12.6. The predicted octanol–water partition coefficient (Wildman–Crippen LogP) is 6.03. The first-order chi connectivity index (χ1) is 16.8. The number of carbonyl (C=O) groups is 1. The Kier molecular flexibility index (Phi) is 7.34. The number of anilines is 1. The lowest BCUT2D eigenvalue weighted by atomic mass is 10.2. The second-order valence-corrected chi connectivity index (χ2v) is 12.3. The second kappa shape index (κ2) is 10.0. The molecule has 0 bridgehead atoms. The van der Waals surface area contributed by atoms with E-state index in [4.69, 9.17) is 27.9 Å². The van der Waals surface area contributed by atoms with Crippen LogP contribution in [-0.2, 0) is 19.6 Å². The maximum Gasteiger partial charge on any atom is 0.327 e. The number of rotatable bonds is 6. The van der Waals surface area contributed by atoms with Gasteiger partial charge in [0.25, 0.3) is 10.0 Å². The zero-order chi connectivity index (χ0) is 26.3. The van der Waals surface area contributed by atoms with Gasteiger partial charge >= 0.3 is 5.97 Å². The number of sulfonamides is 1. The minimum Gasteiger partial charge on any atom is -0.459 e. The van der Waals surface area contributed by atoms with E-state index in [9.17, 15) is 13.2 Å². The van der Waals surface area contributed by atoms with Crippen LogP contribution in [0.4, 0.5) is 5.69 Å².